The molecule has 1 aliphatic heterocycles. The predicted octanol–water partition coefficient (Wildman–Crippen LogP) is 5.29. The van der Waals surface area contributed by atoms with Crippen LogP contribution in [-0.4, -0.2) is 27.3 Å². The van der Waals surface area contributed by atoms with E-state index in [1.165, 1.54) is 0 Å². The van der Waals surface area contributed by atoms with Crippen molar-refractivity contribution in [3.05, 3.63) is 55.5 Å². The molecule has 0 bridgehead atoms. The molecule has 1 fully saturated rings. The minimum absolute atomic E-state index is 0.249. The Kier molecular flexibility index (Phi) is 6.44. The first kappa shape index (κ1) is 19.9. The first-order valence-corrected chi connectivity index (χ1v) is 9.51. The maximum absolute atomic E-state index is 6.57. The average Bonchev–Trinajstić information content (AvgIpc) is 2.63. The van der Waals surface area contributed by atoms with Crippen molar-refractivity contribution in [3.8, 4) is 11.5 Å². The van der Waals surface area contributed by atoms with Gasteiger partial charge in [0.1, 0.15) is 11.5 Å². The normalized spacial score (nSPS) is 20.1. The number of piperazine rings is 1. The zero-order valence-corrected chi connectivity index (χ0v) is 17.2. The summed E-state index contributed by atoms with van der Waals surface area (Å²) in [5, 5.41) is 8.92. The van der Waals surface area contributed by atoms with E-state index in [0.29, 0.717) is 31.6 Å². The van der Waals surface area contributed by atoms with Gasteiger partial charge >= 0.3 is 0 Å². The van der Waals surface area contributed by atoms with E-state index in [4.69, 9.17) is 55.9 Å². The minimum Gasteiger partial charge on any atom is -0.495 e. The second-order valence-corrected chi connectivity index (χ2v) is 7.39. The molecule has 1 aliphatic rings. The predicted molar refractivity (Wildman–Crippen MR) is 108 cm³/mol. The van der Waals surface area contributed by atoms with Gasteiger partial charge in [0.2, 0.25) is 0 Å². The highest BCUT2D eigenvalue weighted by molar-refractivity contribution is 6.38. The fraction of sp³-hybridized carbons (Fsp3) is 0.333. The fourth-order valence-corrected chi connectivity index (χ4v) is 4.58. The molecule has 0 radical (unpaired) electrons. The van der Waals surface area contributed by atoms with E-state index in [1.54, 1.807) is 38.5 Å². The van der Waals surface area contributed by atoms with Gasteiger partial charge in [-0.05, 0) is 24.3 Å². The zero-order chi connectivity index (χ0) is 18.8. The molecule has 2 N–H and O–H groups in total. The van der Waals surface area contributed by atoms with Crippen LogP contribution in [0.3, 0.4) is 0 Å². The van der Waals surface area contributed by atoms with Crippen molar-refractivity contribution < 1.29 is 9.47 Å². The number of ether oxygens (including phenoxy) is 2. The topological polar surface area (TPSA) is 42.5 Å². The second kappa shape index (κ2) is 8.42. The highest BCUT2D eigenvalue weighted by Crippen LogP contribution is 2.46. The minimum atomic E-state index is -0.249. The monoisotopic (exact) mass is 434 g/mol. The Balaban J connectivity index is 2.15. The Bertz CT molecular complexity index is 749. The maximum atomic E-state index is 6.57. The van der Waals surface area contributed by atoms with E-state index in [0.717, 1.165) is 24.2 Å². The van der Waals surface area contributed by atoms with Gasteiger partial charge in [0, 0.05) is 34.3 Å². The lowest BCUT2D eigenvalue weighted by Gasteiger charge is -2.36. The maximum Gasteiger partial charge on any atom is 0.137 e. The van der Waals surface area contributed by atoms with Crippen molar-refractivity contribution in [1.82, 2.24) is 10.6 Å². The quantitative estimate of drug-likeness (QED) is 0.684. The Labute approximate surface area is 172 Å². The summed E-state index contributed by atoms with van der Waals surface area (Å²) in [5.74, 6) is 1.11. The molecule has 1 heterocycles. The molecular weight excluding hydrogens is 418 g/mol. The molecule has 2 aromatic carbocycles. The van der Waals surface area contributed by atoms with Crippen LogP contribution in [0.4, 0.5) is 0 Å². The van der Waals surface area contributed by atoms with Crippen LogP contribution in [0.5, 0.6) is 11.5 Å². The van der Waals surface area contributed by atoms with Crippen LogP contribution < -0.4 is 20.1 Å². The number of halogens is 4. The van der Waals surface area contributed by atoms with Crippen molar-refractivity contribution >= 4 is 46.4 Å². The molecule has 0 saturated carbocycles. The van der Waals surface area contributed by atoms with Crippen LogP contribution in [0.2, 0.25) is 20.1 Å². The van der Waals surface area contributed by atoms with Crippen LogP contribution in [-0.2, 0) is 0 Å². The van der Waals surface area contributed by atoms with Crippen molar-refractivity contribution in [2.45, 2.75) is 12.1 Å². The van der Waals surface area contributed by atoms with Gasteiger partial charge in [0.15, 0.2) is 0 Å². The number of rotatable bonds is 4. The molecule has 8 heteroatoms. The van der Waals surface area contributed by atoms with E-state index in [-0.39, 0.29) is 12.1 Å². The van der Waals surface area contributed by atoms with Gasteiger partial charge in [-0.3, -0.25) is 0 Å². The van der Waals surface area contributed by atoms with Gasteiger partial charge in [-0.1, -0.05) is 46.4 Å². The fourth-order valence-electron chi connectivity index (χ4n) is 3.21. The molecule has 26 heavy (non-hydrogen) atoms. The van der Waals surface area contributed by atoms with Crippen LogP contribution in [0, 0.1) is 0 Å². The molecule has 0 aromatic heterocycles. The molecule has 0 spiro atoms. The summed E-state index contributed by atoms with van der Waals surface area (Å²) in [6, 6.07) is 6.52. The third-order valence-corrected chi connectivity index (χ3v) is 5.87. The molecule has 0 aliphatic carbocycles. The molecular formula is C18H18Cl4N2O2. The highest BCUT2D eigenvalue weighted by Gasteiger charge is 2.34. The third kappa shape index (κ3) is 3.59. The van der Waals surface area contributed by atoms with E-state index in [9.17, 15) is 0 Å². The van der Waals surface area contributed by atoms with Gasteiger partial charge in [0.05, 0.1) is 36.3 Å². The lowest BCUT2D eigenvalue weighted by atomic mass is 9.91. The number of nitrogens with one attached hydrogen (secondary N) is 2. The zero-order valence-electron chi connectivity index (χ0n) is 14.2. The Hall–Kier alpha value is -0.880. The lowest BCUT2D eigenvalue weighted by molar-refractivity contribution is 0.330. The van der Waals surface area contributed by atoms with Gasteiger partial charge in [0.25, 0.3) is 0 Å². The average molecular weight is 436 g/mol. The van der Waals surface area contributed by atoms with Crippen LogP contribution in [0.15, 0.2) is 24.3 Å². The Morgan fingerprint density at radius 1 is 0.731 bits per heavy atom. The third-order valence-electron chi connectivity index (χ3n) is 4.43. The van der Waals surface area contributed by atoms with Crippen molar-refractivity contribution in [1.29, 1.82) is 0 Å². The number of hydrogen-bond acceptors (Lipinski definition) is 4. The second-order valence-electron chi connectivity index (χ2n) is 5.82. The van der Waals surface area contributed by atoms with Gasteiger partial charge in [-0.25, -0.2) is 0 Å². The van der Waals surface area contributed by atoms with E-state index >= 15 is 0 Å². The van der Waals surface area contributed by atoms with Crippen LogP contribution >= 0.6 is 46.4 Å². The summed E-state index contributed by atoms with van der Waals surface area (Å²) in [5.41, 5.74) is 1.47. The number of benzene rings is 2. The summed E-state index contributed by atoms with van der Waals surface area (Å²) in [6.45, 7) is 1.48. The lowest BCUT2D eigenvalue weighted by Crippen LogP contribution is -2.45. The number of hydrogen-bond donors (Lipinski definition) is 2. The van der Waals surface area contributed by atoms with Crippen molar-refractivity contribution in [2.75, 3.05) is 27.3 Å². The van der Waals surface area contributed by atoms with E-state index in [1.807, 2.05) is 0 Å². The van der Waals surface area contributed by atoms with E-state index in [2.05, 4.69) is 10.6 Å². The van der Waals surface area contributed by atoms with Gasteiger partial charge in [-0.15, -0.1) is 0 Å². The van der Waals surface area contributed by atoms with Gasteiger partial charge in [-0.2, -0.15) is 0 Å². The molecule has 1 saturated heterocycles. The summed E-state index contributed by atoms with van der Waals surface area (Å²) in [6.07, 6.45) is 0. The SMILES string of the molecule is COc1ccc(Cl)c([C@H]2NCCN[C@H]2c2c(Cl)ccc(OC)c2Cl)c1Cl. The molecule has 0 unspecified atom stereocenters. The standard InChI is InChI=1S/C18H18Cl4N2O2/c1-25-11-5-3-9(19)13(15(11)21)17-18(24-8-7-23-17)14-10(20)4-6-12(26-2)16(14)22/h3-6,17-18,23-24H,7-8H2,1-2H3/t17-,18+. The summed E-state index contributed by atoms with van der Waals surface area (Å²) < 4.78 is 10.7. The Morgan fingerprint density at radius 3 is 1.46 bits per heavy atom. The summed E-state index contributed by atoms with van der Waals surface area (Å²) in [7, 11) is 3.14. The summed E-state index contributed by atoms with van der Waals surface area (Å²) in [4.78, 5) is 0. The van der Waals surface area contributed by atoms with Crippen molar-refractivity contribution in [3.63, 3.8) is 0 Å². The van der Waals surface area contributed by atoms with Crippen LogP contribution in [0.25, 0.3) is 0 Å². The molecule has 2 aromatic rings. The smallest absolute Gasteiger partial charge is 0.137 e. The largest absolute Gasteiger partial charge is 0.495 e. The molecule has 0 amide bonds. The highest BCUT2D eigenvalue weighted by atomic mass is 35.5. The first-order valence-electron chi connectivity index (χ1n) is 8.00. The molecule has 3 rings (SSSR count). The molecule has 4 nitrogen and oxygen atoms in total. The van der Waals surface area contributed by atoms with E-state index < -0.39 is 0 Å². The Morgan fingerprint density at radius 2 is 1.12 bits per heavy atom. The van der Waals surface area contributed by atoms with Crippen LogP contribution in [0.1, 0.15) is 23.2 Å². The van der Waals surface area contributed by atoms with Gasteiger partial charge < -0.3 is 20.1 Å². The van der Waals surface area contributed by atoms with Crippen molar-refractivity contribution in [2.24, 2.45) is 0 Å². The molecule has 140 valence electrons. The molecule has 2 atom stereocenters. The summed E-state index contributed by atoms with van der Waals surface area (Å²) >= 11 is 26.1. The first-order chi connectivity index (χ1) is 12.5. The number of methoxy groups -OCH3 is 2.